The van der Waals surface area contributed by atoms with Crippen LogP contribution in [-0.2, 0) is 6.54 Å². The number of hydrogen-bond acceptors (Lipinski definition) is 1. The standard InChI is InChI=1S/C14H21BrN2O/c1-3-7-17-9-11(15)8-12(17)13(18)16-10-14(4-2)5-6-14/h8-9H,3-7,10H2,1-2H3,(H,16,18). The minimum Gasteiger partial charge on any atom is -0.350 e. The summed E-state index contributed by atoms with van der Waals surface area (Å²) in [4.78, 5) is 12.2. The lowest BCUT2D eigenvalue weighted by Gasteiger charge is -2.14. The molecule has 0 saturated heterocycles. The van der Waals surface area contributed by atoms with E-state index in [1.807, 2.05) is 16.8 Å². The first kappa shape index (κ1) is 13.7. The molecule has 3 nitrogen and oxygen atoms in total. The summed E-state index contributed by atoms with van der Waals surface area (Å²) in [5.74, 6) is 0.0499. The number of halogens is 1. The molecule has 1 amide bonds. The predicted molar refractivity (Wildman–Crippen MR) is 76.7 cm³/mol. The molecule has 1 aromatic rings. The highest BCUT2D eigenvalue weighted by Gasteiger charge is 2.40. The zero-order chi connectivity index (χ0) is 13.2. The average molecular weight is 313 g/mol. The molecule has 0 bridgehead atoms. The maximum Gasteiger partial charge on any atom is 0.267 e. The van der Waals surface area contributed by atoms with E-state index in [1.54, 1.807) is 0 Å². The molecule has 0 unspecified atom stereocenters. The number of rotatable bonds is 6. The number of hydrogen-bond donors (Lipinski definition) is 1. The molecule has 1 aliphatic carbocycles. The lowest BCUT2D eigenvalue weighted by Crippen LogP contribution is -2.31. The molecular formula is C14H21BrN2O. The summed E-state index contributed by atoms with van der Waals surface area (Å²) in [5.41, 5.74) is 1.16. The van der Waals surface area contributed by atoms with Crippen LogP contribution in [0.4, 0.5) is 0 Å². The number of aromatic nitrogens is 1. The molecule has 0 spiro atoms. The normalized spacial score (nSPS) is 16.6. The zero-order valence-corrected chi connectivity index (χ0v) is 12.7. The van der Waals surface area contributed by atoms with E-state index in [-0.39, 0.29) is 5.91 Å². The first-order chi connectivity index (χ1) is 8.60. The SMILES string of the molecule is CCCn1cc(Br)cc1C(=O)NCC1(CC)CC1. The fourth-order valence-electron chi connectivity index (χ4n) is 2.28. The third-order valence-corrected chi connectivity index (χ3v) is 4.33. The highest BCUT2D eigenvalue weighted by Crippen LogP contribution is 2.47. The van der Waals surface area contributed by atoms with Crippen molar-refractivity contribution in [3.63, 3.8) is 0 Å². The van der Waals surface area contributed by atoms with Crippen molar-refractivity contribution in [2.75, 3.05) is 6.54 Å². The van der Waals surface area contributed by atoms with Crippen molar-refractivity contribution in [1.82, 2.24) is 9.88 Å². The molecule has 2 rings (SSSR count). The van der Waals surface area contributed by atoms with Crippen LogP contribution in [0.1, 0.15) is 50.0 Å². The number of aryl methyl sites for hydroxylation is 1. The van der Waals surface area contributed by atoms with Crippen LogP contribution in [0.2, 0.25) is 0 Å². The quantitative estimate of drug-likeness (QED) is 0.856. The van der Waals surface area contributed by atoms with Gasteiger partial charge in [0.05, 0.1) is 0 Å². The summed E-state index contributed by atoms with van der Waals surface area (Å²) in [6.07, 6.45) is 6.67. The molecule has 1 aromatic heterocycles. The summed E-state index contributed by atoms with van der Waals surface area (Å²) >= 11 is 3.44. The maximum absolute atomic E-state index is 12.2. The third-order valence-electron chi connectivity index (χ3n) is 3.89. The largest absolute Gasteiger partial charge is 0.350 e. The van der Waals surface area contributed by atoms with Crippen LogP contribution in [0.5, 0.6) is 0 Å². The molecule has 1 fully saturated rings. The zero-order valence-electron chi connectivity index (χ0n) is 11.1. The van der Waals surface area contributed by atoms with Crippen molar-refractivity contribution >= 4 is 21.8 Å². The molecule has 4 heteroatoms. The minimum atomic E-state index is 0.0499. The molecule has 0 radical (unpaired) electrons. The van der Waals surface area contributed by atoms with Gasteiger partial charge in [-0.15, -0.1) is 0 Å². The van der Waals surface area contributed by atoms with Crippen LogP contribution in [-0.4, -0.2) is 17.0 Å². The summed E-state index contributed by atoms with van der Waals surface area (Å²) in [7, 11) is 0. The summed E-state index contributed by atoms with van der Waals surface area (Å²) in [6.45, 7) is 6.02. The van der Waals surface area contributed by atoms with Gasteiger partial charge >= 0.3 is 0 Å². The van der Waals surface area contributed by atoms with Gasteiger partial charge < -0.3 is 9.88 Å². The maximum atomic E-state index is 12.2. The number of nitrogens with zero attached hydrogens (tertiary/aromatic N) is 1. The number of carbonyl (C=O) groups excluding carboxylic acids is 1. The number of carbonyl (C=O) groups is 1. The summed E-state index contributed by atoms with van der Waals surface area (Å²) in [6, 6.07) is 1.90. The van der Waals surface area contributed by atoms with Crippen molar-refractivity contribution in [3.05, 3.63) is 22.4 Å². The Labute approximate surface area is 117 Å². The van der Waals surface area contributed by atoms with Crippen LogP contribution < -0.4 is 5.32 Å². The van der Waals surface area contributed by atoms with Crippen LogP contribution in [0.15, 0.2) is 16.7 Å². The van der Waals surface area contributed by atoms with Crippen LogP contribution >= 0.6 is 15.9 Å². The number of nitrogens with one attached hydrogen (secondary N) is 1. The van der Waals surface area contributed by atoms with E-state index in [1.165, 1.54) is 12.8 Å². The highest BCUT2D eigenvalue weighted by molar-refractivity contribution is 9.10. The monoisotopic (exact) mass is 312 g/mol. The minimum absolute atomic E-state index is 0.0499. The van der Waals surface area contributed by atoms with Gasteiger partial charge in [-0.2, -0.15) is 0 Å². The summed E-state index contributed by atoms with van der Waals surface area (Å²) in [5, 5.41) is 3.08. The predicted octanol–water partition coefficient (Wildman–Crippen LogP) is 3.58. The molecule has 1 N–H and O–H groups in total. The molecular weight excluding hydrogens is 292 g/mol. The van der Waals surface area contributed by atoms with E-state index in [0.29, 0.717) is 5.41 Å². The van der Waals surface area contributed by atoms with Crippen LogP contribution in [0.3, 0.4) is 0 Å². The van der Waals surface area contributed by atoms with Gasteiger partial charge in [-0.25, -0.2) is 0 Å². The molecule has 18 heavy (non-hydrogen) atoms. The first-order valence-corrected chi connectivity index (χ1v) is 7.53. The Morgan fingerprint density at radius 3 is 2.78 bits per heavy atom. The Bertz CT molecular complexity index is 435. The van der Waals surface area contributed by atoms with Gasteiger partial charge in [0.2, 0.25) is 0 Å². The van der Waals surface area contributed by atoms with Crippen LogP contribution in [0, 0.1) is 5.41 Å². The third kappa shape index (κ3) is 2.97. The number of amides is 1. The van der Waals surface area contributed by atoms with E-state index >= 15 is 0 Å². The van der Waals surface area contributed by atoms with Gasteiger partial charge in [-0.3, -0.25) is 4.79 Å². The fraction of sp³-hybridized carbons (Fsp3) is 0.643. The second-order valence-corrected chi connectivity index (χ2v) is 6.19. The van der Waals surface area contributed by atoms with E-state index in [9.17, 15) is 4.79 Å². The topological polar surface area (TPSA) is 34.0 Å². The van der Waals surface area contributed by atoms with Crippen molar-refractivity contribution in [2.24, 2.45) is 5.41 Å². The second-order valence-electron chi connectivity index (χ2n) is 5.27. The Balaban J connectivity index is 1.99. The fourth-order valence-corrected chi connectivity index (χ4v) is 2.75. The van der Waals surface area contributed by atoms with Crippen molar-refractivity contribution in [3.8, 4) is 0 Å². The molecule has 1 aliphatic rings. The highest BCUT2D eigenvalue weighted by atomic mass is 79.9. The molecule has 1 heterocycles. The van der Waals surface area contributed by atoms with Crippen molar-refractivity contribution in [1.29, 1.82) is 0 Å². The Kier molecular flexibility index (Phi) is 4.15. The lowest BCUT2D eigenvalue weighted by atomic mass is 10.0. The average Bonchev–Trinajstić information content (AvgIpc) is 3.05. The van der Waals surface area contributed by atoms with E-state index in [4.69, 9.17) is 0 Å². The van der Waals surface area contributed by atoms with Crippen molar-refractivity contribution in [2.45, 2.75) is 46.1 Å². The Morgan fingerprint density at radius 1 is 1.50 bits per heavy atom. The van der Waals surface area contributed by atoms with Gasteiger partial charge in [0.25, 0.3) is 5.91 Å². The second kappa shape index (κ2) is 5.47. The van der Waals surface area contributed by atoms with Gasteiger partial charge in [-0.1, -0.05) is 13.8 Å². The van der Waals surface area contributed by atoms with E-state index in [2.05, 4.69) is 35.1 Å². The smallest absolute Gasteiger partial charge is 0.267 e. The molecule has 0 aromatic carbocycles. The van der Waals surface area contributed by atoms with Crippen molar-refractivity contribution < 1.29 is 4.79 Å². The van der Waals surface area contributed by atoms with Gasteiger partial charge in [0.1, 0.15) is 5.69 Å². The molecule has 0 aliphatic heterocycles. The van der Waals surface area contributed by atoms with E-state index in [0.717, 1.165) is 36.1 Å². The van der Waals surface area contributed by atoms with Gasteiger partial charge in [0.15, 0.2) is 0 Å². The Morgan fingerprint density at radius 2 is 2.22 bits per heavy atom. The lowest BCUT2D eigenvalue weighted by molar-refractivity contribution is 0.0935. The van der Waals surface area contributed by atoms with Gasteiger partial charge in [0, 0.05) is 23.8 Å². The van der Waals surface area contributed by atoms with Gasteiger partial charge in [-0.05, 0) is 53.1 Å². The van der Waals surface area contributed by atoms with E-state index < -0.39 is 0 Å². The summed E-state index contributed by atoms with van der Waals surface area (Å²) < 4.78 is 2.99. The Hall–Kier alpha value is -0.770. The first-order valence-electron chi connectivity index (χ1n) is 6.74. The molecule has 1 saturated carbocycles. The molecule has 0 atom stereocenters. The molecule has 100 valence electrons. The van der Waals surface area contributed by atoms with Crippen LogP contribution in [0.25, 0.3) is 0 Å².